The molecule has 17 heavy (non-hydrogen) atoms. The first-order valence-corrected chi connectivity index (χ1v) is 5.58. The van der Waals surface area contributed by atoms with Gasteiger partial charge in [0.2, 0.25) is 0 Å². The van der Waals surface area contributed by atoms with Gasteiger partial charge in [0, 0.05) is 4.47 Å². The van der Waals surface area contributed by atoms with Crippen LogP contribution in [0.15, 0.2) is 16.6 Å². The van der Waals surface area contributed by atoms with Crippen molar-refractivity contribution >= 4 is 27.6 Å². The predicted molar refractivity (Wildman–Crippen MR) is 61.7 cm³/mol. The maximum absolute atomic E-state index is 13.4. The number of hydrogen-bond acceptors (Lipinski definition) is 2. The van der Waals surface area contributed by atoms with Crippen molar-refractivity contribution in [1.29, 1.82) is 0 Å². The van der Waals surface area contributed by atoms with E-state index in [9.17, 15) is 18.4 Å². The maximum Gasteiger partial charge on any atom is 0.257 e. The van der Waals surface area contributed by atoms with E-state index in [1.165, 1.54) is 13.8 Å². The zero-order valence-electron chi connectivity index (χ0n) is 9.18. The molecule has 6 heteroatoms. The Morgan fingerprint density at radius 1 is 1.29 bits per heavy atom. The molecule has 0 heterocycles. The van der Waals surface area contributed by atoms with Crippen LogP contribution >= 0.6 is 15.9 Å². The normalized spacial score (nSPS) is 12.1. The van der Waals surface area contributed by atoms with E-state index in [2.05, 4.69) is 21.2 Å². The third-order valence-electron chi connectivity index (χ3n) is 2.19. The summed E-state index contributed by atoms with van der Waals surface area (Å²) in [7, 11) is 0. The van der Waals surface area contributed by atoms with Gasteiger partial charge in [-0.3, -0.25) is 9.59 Å². The van der Waals surface area contributed by atoms with Crippen molar-refractivity contribution in [3.05, 3.63) is 33.8 Å². The molecule has 1 aromatic rings. The molecule has 1 unspecified atom stereocenters. The average Bonchev–Trinajstić information content (AvgIpc) is 2.15. The fourth-order valence-electron chi connectivity index (χ4n) is 1.13. The van der Waals surface area contributed by atoms with Crippen LogP contribution < -0.4 is 5.32 Å². The zero-order chi connectivity index (χ0) is 13.2. The highest BCUT2D eigenvalue weighted by molar-refractivity contribution is 9.10. The number of amides is 1. The number of benzene rings is 1. The second-order valence-electron chi connectivity index (χ2n) is 3.55. The molecule has 0 aliphatic carbocycles. The molecule has 0 saturated heterocycles. The second-order valence-corrected chi connectivity index (χ2v) is 4.47. The summed E-state index contributed by atoms with van der Waals surface area (Å²) in [4.78, 5) is 22.5. The van der Waals surface area contributed by atoms with E-state index in [-0.39, 0.29) is 10.3 Å². The van der Waals surface area contributed by atoms with E-state index in [1.807, 2.05) is 0 Å². The molecule has 0 aromatic heterocycles. The van der Waals surface area contributed by atoms with Crippen LogP contribution in [0.4, 0.5) is 8.78 Å². The van der Waals surface area contributed by atoms with Crippen molar-refractivity contribution in [2.24, 2.45) is 0 Å². The van der Waals surface area contributed by atoms with E-state index in [1.54, 1.807) is 0 Å². The molecule has 1 N–H and O–H groups in total. The fraction of sp³-hybridized carbons (Fsp3) is 0.273. The highest BCUT2D eigenvalue weighted by atomic mass is 79.9. The first-order valence-electron chi connectivity index (χ1n) is 4.78. The van der Waals surface area contributed by atoms with Crippen LogP contribution in [0.3, 0.4) is 0 Å². The van der Waals surface area contributed by atoms with Gasteiger partial charge in [-0.25, -0.2) is 8.78 Å². The van der Waals surface area contributed by atoms with Gasteiger partial charge >= 0.3 is 0 Å². The highest BCUT2D eigenvalue weighted by Gasteiger charge is 2.20. The SMILES string of the molecule is CC(=O)C(C)NC(=O)c1c(F)cc(Br)cc1F. The minimum absolute atomic E-state index is 0.198. The van der Waals surface area contributed by atoms with Crippen LogP contribution in [0, 0.1) is 11.6 Å². The van der Waals surface area contributed by atoms with Crippen LogP contribution in [0.25, 0.3) is 0 Å². The molecular formula is C11H10BrF2NO2. The van der Waals surface area contributed by atoms with E-state index in [0.717, 1.165) is 12.1 Å². The van der Waals surface area contributed by atoms with Crippen molar-refractivity contribution in [3.63, 3.8) is 0 Å². The van der Waals surface area contributed by atoms with E-state index in [4.69, 9.17) is 0 Å². The summed E-state index contributed by atoms with van der Waals surface area (Å²) in [5.41, 5.74) is -0.693. The molecule has 0 aliphatic heterocycles. The van der Waals surface area contributed by atoms with Crippen molar-refractivity contribution in [2.75, 3.05) is 0 Å². The van der Waals surface area contributed by atoms with Gasteiger partial charge in [-0.1, -0.05) is 15.9 Å². The van der Waals surface area contributed by atoms with Gasteiger partial charge in [0.25, 0.3) is 5.91 Å². The quantitative estimate of drug-likeness (QED) is 0.932. The Bertz CT molecular complexity index is 454. The van der Waals surface area contributed by atoms with Crippen LogP contribution in [0.1, 0.15) is 24.2 Å². The van der Waals surface area contributed by atoms with Crippen LogP contribution in [0.2, 0.25) is 0 Å². The molecule has 0 radical (unpaired) electrons. The number of rotatable bonds is 3. The van der Waals surface area contributed by atoms with Crippen molar-refractivity contribution in [1.82, 2.24) is 5.32 Å². The lowest BCUT2D eigenvalue weighted by Gasteiger charge is -2.11. The minimum Gasteiger partial charge on any atom is -0.342 e. The molecule has 1 aromatic carbocycles. The van der Waals surface area contributed by atoms with Crippen LogP contribution in [-0.2, 0) is 4.79 Å². The predicted octanol–water partition coefficient (Wildman–Crippen LogP) is 2.43. The number of Topliss-reactive ketones (excluding diaryl/α,β-unsaturated/α-hetero) is 1. The third-order valence-corrected chi connectivity index (χ3v) is 2.65. The van der Waals surface area contributed by atoms with Crippen molar-refractivity contribution < 1.29 is 18.4 Å². The van der Waals surface area contributed by atoms with Crippen molar-refractivity contribution in [3.8, 4) is 0 Å². The summed E-state index contributed by atoms with van der Waals surface area (Å²) in [5, 5.41) is 2.21. The molecule has 0 saturated carbocycles. The first kappa shape index (κ1) is 13.8. The first-order chi connectivity index (χ1) is 7.82. The third kappa shape index (κ3) is 3.33. The molecule has 0 spiro atoms. The minimum atomic E-state index is -0.981. The molecule has 0 fully saturated rings. The molecule has 1 atom stereocenters. The number of carbonyl (C=O) groups excluding carboxylic acids is 2. The van der Waals surface area contributed by atoms with E-state index in [0.29, 0.717) is 0 Å². The topological polar surface area (TPSA) is 46.2 Å². The van der Waals surface area contributed by atoms with Crippen molar-refractivity contribution in [2.45, 2.75) is 19.9 Å². The summed E-state index contributed by atoms with van der Waals surface area (Å²) < 4.78 is 27.0. The van der Waals surface area contributed by atoms with Gasteiger partial charge in [0.1, 0.15) is 17.2 Å². The molecule has 0 bridgehead atoms. The fourth-order valence-corrected chi connectivity index (χ4v) is 1.53. The summed E-state index contributed by atoms with van der Waals surface area (Å²) in [6.45, 7) is 2.72. The Morgan fingerprint density at radius 2 is 1.76 bits per heavy atom. The molecule has 92 valence electrons. The lowest BCUT2D eigenvalue weighted by atomic mass is 10.1. The van der Waals surface area contributed by atoms with Crippen LogP contribution in [-0.4, -0.2) is 17.7 Å². The summed E-state index contributed by atoms with van der Waals surface area (Å²) in [5.74, 6) is -3.21. The van der Waals surface area contributed by atoms with Gasteiger partial charge in [-0.2, -0.15) is 0 Å². The van der Waals surface area contributed by atoms with Crippen LogP contribution in [0.5, 0.6) is 0 Å². The largest absolute Gasteiger partial charge is 0.342 e. The molecule has 1 rings (SSSR count). The van der Waals surface area contributed by atoms with Gasteiger partial charge in [0.05, 0.1) is 6.04 Å². The number of ketones is 1. The summed E-state index contributed by atoms with van der Waals surface area (Å²) in [6.07, 6.45) is 0. The van der Waals surface area contributed by atoms with Gasteiger partial charge < -0.3 is 5.32 Å². The summed E-state index contributed by atoms with van der Waals surface area (Å²) >= 11 is 2.90. The Kier molecular flexibility index (Phi) is 4.34. The van der Waals surface area contributed by atoms with Gasteiger partial charge in [-0.15, -0.1) is 0 Å². The lowest BCUT2D eigenvalue weighted by Crippen LogP contribution is -2.38. The average molecular weight is 306 g/mol. The molecule has 1 amide bonds. The number of halogens is 3. The number of hydrogen-bond donors (Lipinski definition) is 1. The Balaban J connectivity index is 3.01. The Hall–Kier alpha value is -1.30. The maximum atomic E-state index is 13.4. The van der Waals surface area contributed by atoms with Gasteiger partial charge in [0.15, 0.2) is 5.78 Å². The smallest absolute Gasteiger partial charge is 0.257 e. The molecular weight excluding hydrogens is 296 g/mol. The molecule has 3 nitrogen and oxygen atoms in total. The number of nitrogens with one attached hydrogen (secondary N) is 1. The van der Waals surface area contributed by atoms with E-state index < -0.39 is 29.1 Å². The van der Waals surface area contributed by atoms with Gasteiger partial charge in [-0.05, 0) is 26.0 Å². The Labute approximate surface area is 105 Å². The molecule has 0 aliphatic rings. The van der Waals surface area contributed by atoms with E-state index >= 15 is 0 Å². The standard InChI is InChI=1S/C11H10BrF2NO2/c1-5(6(2)16)15-11(17)10-8(13)3-7(12)4-9(10)14/h3-5H,1-2H3,(H,15,17). The lowest BCUT2D eigenvalue weighted by molar-refractivity contribution is -0.118. The Morgan fingerprint density at radius 3 is 2.18 bits per heavy atom. The second kappa shape index (κ2) is 5.35. The monoisotopic (exact) mass is 305 g/mol. The zero-order valence-corrected chi connectivity index (χ0v) is 10.8. The highest BCUT2D eigenvalue weighted by Crippen LogP contribution is 2.19. The summed E-state index contributed by atoms with van der Waals surface area (Å²) in [6, 6.07) is 1.18. The number of carbonyl (C=O) groups is 2.